The van der Waals surface area contributed by atoms with Gasteiger partial charge < -0.3 is 20.5 Å². The zero-order valence-electron chi connectivity index (χ0n) is 14.1. The topological polar surface area (TPSA) is 73.6 Å². The average Bonchev–Trinajstić information content (AvgIpc) is 2.48. The average molecular weight is 358 g/mol. The van der Waals surface area contributed by atoms with E-state index in [0.717, 1.165) is 25.3 Å². The van der Waals surface area contributed by atoms with Crippen LogP contribution in [0.3, 0.4) is 0 Å². The van der Waals surface area contributed by atoms with Gasteiger partial charge in [-0.15, -0.1) is 0 Å². The Morgan fingerprint density at radius 1 is 1.36 bits per heavy atom. The molecule has 1 atom stereocenters. The molecule has 1 unspecified atom stereocenters. The third-order valence-corrected chi connectivity index (χ3v) is 5.41. The molecule has 3 saturated carbocycles. The van der Waals surface area contributed by atoms with Gasteiger partial charge in [0, 0.05) is 23.2 Å². The van der Waals surface area contributed by atoms with Crippen molar-refractivity contribution in [1.82, 2.24) is 0 Å². The van der Waals surface area contributed by atoms with E-state index < -0.39 is 23.8 Å². The number of nitrogens with two attached hydrogens (primary N) is 1. The minimum atomic E-state index is -4.55. The highest BCUT2D eigenvalue weighted by Crippen LogP contribution is 2.66. The zero-order valence-corrected chi connectivity index (χ0v) is 14.1. The van der Waals surface area contributed by atoms with E-state index in [4.69, 9.17) is 15.2 Å². The largest absolute Gasteiger partial charge is 0.496 e. The number of hydrogen-bond donors (Lipinski definition) is 2. The number of carbonyl (C=O) groups is 1. The Balaban J connectivity index is 1.97. The summed E-state index contributed by atoms with van der Waals surface area (Å²) in [4.78, 5) is 12.2. The summed E-state index contributed by atoms with van der Waals surface area (Å²) < 4.78 is 49.4. The SMILES string of the molecule is COC(=O)C(Nc1ccc(C(F)(F)F)c(OC)c1CN)C12CC(C1)C2. The molecule has 0 saturated heterocycles. The van der Waals surface area contributed by atoms with Crippen LogP contribution in [0.4, 0.5) is 18.9 Å². The summed E-state index contributed by atoms with van der Waals surface area (Å²) in [6, 6.07) is 1.64. The highest BCUT2D eigenvalue weighted by Gasteiger charge is 2.63. The zero-order chi connectivity index (χ0) is 18.4. The van der Waals surface area contributed by atoms with Crippen LogP contribution in [0.2, 0.25) is 0 Å². The lowest BCUT2D eigenvalue weighted by molar-refractivity contribution is -0.165. The van der Waals surface area contributed by atoms with Gasteiger partial charge in [-0.3, -0.25) is 0 Å². The van der Waals surface area contributed by atoms with Crippen molar-refractivity contribution in [2.24, 2.45) is 17.1 Å². The lowest BCUT2D eigenvalue weighted by Crippen LogP contribution is -2.63. The normalized spacial score (nSPS) is 25.4. The molecule has 5 nitrogen and oxygen atoms in total. The molecular formula is C17H21F3N2O3. The highest BCUT2D eigenvalue weighted by molar-refractivity contribution is 5.82. The van der Waals surface area contributed by atoms with Gasteiger partial charge in [0.2, 0.25) is 0 Å². The van der Waals surface area contributed by atoms with Crippen LogP contribution in [0.25, 0.3) is 0 Å². The second-order valence-electron chi connectivity index (χ2n) is 6.82. The Morgan fingerprint density at radius 2 is 2.00 bits per heavy atom. The predicted molar refractivity (Wildman–Crippen MR) is 85.1 cm³/mol. The van der Waals surface area contributed by atoms with Crippen molar-refractivity contribution in [1.29, 1.82) is 0 Å². The Morgan fingerprint density at radius 3 is 2.40 bits per heavy atom. The number of methoxy groups -OCH3 is 2. The van der Waals surface area contributed by atoms with Gasteiger partial charge in [0.15, 0.2) is 0 Å². The molecule has 3 aliphatic rings. The molecule has 0 radical (unpaired) electrons. The van der Waals surface area contributed by atoms with Crippen molar-refractivity contribution in [3.8, 4) is 5.75 Å². The molecule has 0 aromatic heterocycles. The molecule has 3 fully saturated rings. The summed E-state index contributed by atoms with van der Waals surface area (Å²) in [6.07, 6.45) is -1.77. The lowest BCUT2D eigenvalue weighted by atomic mass is 9.41. The van der Waals surface area contributed by atoms with Crippen LogP contribution in [0.5, 0.6) is 5.75 Å². The summed E-state index contributed by atoms with van der Waals surface area (Å²) in [6.45, 7) is -0.154. The molecule has 1 aromatic rings. The van der Waals surface area contributed by atoms with Crippen molar-refractivity contribution in [2.75, 3.05) is 19.5 Å². The number of anilines is 1. The fourth-order valence-electron chi connectivity index (χ4n) is 4.06. The van der Waals surface area contributed by atoms with Crippen LogP contribution in [-0.4, -0.2) is 26.2 Å². The first-order valence-corrected chi connectivity index (χ1v) is 8.07. The first kappa shape index (κ1) is 17.8. The number of esters is 1. The van der Waals surface area contributed by atoms with Gasteiger partial charge in [-0.25, -0.2) is 4.79 Å². The quantitative estimate of drug-likeness (QED) is 0.765. The maximum absolute atomic E-state index is 13.2. The van der Waals surface area contributed by atoms with Crippen LogP contribution in [0, 0.1) is 11.3 Å². The molecule has 4 rings (SSSR count). The molecule has 3 N–H and O–H groups in total. The lowest BCUT2D eigenvalue weighted by Gasteiger charge is -2.64. The highest BCUT2D eigenvalue weighted by atomic mass is 19.4. The van der Waals surface area contributed by atoms with Crippen molar-refractivity contribution in [2.45, 2.75) is 38.0 Å². The summed E-state index contributed by atoms with van der Waals surface area (Å²) in [7, 11) is 2.48. The minimum Gasteiger partial charge on any atom is -0.496 e. The van der Waals surface area contributed by atoms with E-state index in [1.54, 1.807) is 0 Å². The number of halogens is 3. The van der Waals surface area contributed by atoms with E-state index in [1.807, 2.05) is 0 Å². The Kier molecular flexibility index (Phi) is 4.35. The first-order valence-electron chi connectivity index (χ1n) is 8.07. The molecular weight excluding hydrogens is 337 g/mol. The molecule has 3 aliphatic carbocycles. The third-order valence-electron chi connectivity index (χ3n) is 5.41. The van der Waals surface area contributed by atoms with Crippen LogP contribution in [0.15, 0.2) is 12.1 Å². The van der Waals surface area contributed by atoms with Gasteiger partial charge in [0.05, 0.1) is 19.8 Å². The second-order valence-corrected chi connectivity index (χ2v) is 6.82. The fraction of sp³-hybridized carbons (Fsp3) is 0.588. The Labute approximate surface area is 143 Å². The molecule has 2 bridgehead atoms. The second kappa shape index (κ2) is 6.09. The summed E-state index contributed by atoms with van der Waals surface area (Å²) in [5.74, 6) is -0.0914. The van der Waals surface area contributed by atoms with Gasteiger partial charge in [0.25, 0.3) is 0 Å². The third kappa shape index (κ3) is 2.82. The number of carbonyl (C=O) groups excluding carboxylic acids is 1. The Bertz CT molecular complexity index is 673. The molecule has 138 valence electrons. The molecule has 0 amide bonds. The minimum absolute atomic E-state index is 0.154. The molecule has 1 aromatic carbocycles. The number of alkyl halides is 3. The van der Waals surface area contributed by atoms with Crippen molar-refractivity contribution < 1.29 is 27.4 Å². The van der Waals surface area contributed by atoms with Crippen molar-refractivity contribution >= 4 is 11.7 Å². The molecule has 8 heteroatoms. The number of nitrogens with one attached hydrogen (secondary N) is 1. The van der Waals surface area contributed by atoms with Crippen LogP contribution < -0.4 is 15.8 Å². The summed E-state index contributed by atoms with van der Waals surface area (Å²) in [5.41, 5.74) is 5.19. The van der Waals surface area contributed by atoms with Gasteiger partial charge >= 0.3 is 12.1 Å². The number of hydrogen-bond acceptors (Lipinski definition) is 5. The van der Waals surface area contributed by atoms with Crippen molar-refractivity contribution in [3.05, 3.63) is 23.3 Å². The van der Waals surface area contributed by atoms with Crippen molar-refractivity contribution in [3.63, 3.8) is 0 Å². The van der Waals surface area contributed by atoms with Gasteiger partial charge in [0.1, 0.15) is 11.8 Å². The number of rotatable bonds is 6. The maximum Gasteiger partial charge on any atom is 0.419 e. The van der Waals surface area contributed by atoms with E-state index in [9.17, 15) is 18.0 Å². The van der Waals surface area contributed by atoms with E-state index in [2.05, 4.69) is 5.32 Å². The molecule has 0 aliphatic heterocycles. The standard InChI is InChI=1S/C17H21F3N2O3/c1-24-13-10(8-21)12(4-3-11(13)17(18,19)20)22-14(15(23)25-2)16-5-9(6-16)7-16/h3-4,9,14,22H,5-8,21H2,1-2H3. The monoisotopic (exact) mass is 358 g/mol. The van der Waals surface area contributed by atoms with E-state index >= 15 is 0 Å². The summed E-state index contributed by atoms with van der Waals surface area (Å²) >= 11 is 0. The summed E-state index contributed by atoms with van der Waals surface area (Å²) in [5, 5.41) is 3.08. The molecule has 0 heterocycles. The van der Waals surface area contributed by atoms with Crippen LogP contribution in [0.1, 0.15) is 30.4 Å². The fourth-order valence-corrected chi connectivity index (χ4v) is 4.06. The van der Waals surface area contributed by atoms with Crippen LogP contribution >= 0.6 is 0 Å². The maximum atomic E-state index is 13.2. The first-order chi connectivity index (χ1) is 11.8. The smallest absolute Gasteiger partial charge is 0.419 e. The molecule has 25 heavy (non-hydrogen) atoms. The van der Waals surface area contributed by atoms with E-state index in [1.165, 1.54) is 20.3 Å². The van der Waals surface area contributed by atoms with Crippen LogP contribution in [-0.2, 0) is 22.3 Å². The van der Waals surface area contributed by atoms with Gasteiger partial charge in [-0.1, -0.05) is 0 Å². The van der Waals surface area contributed by atoms with E-state index in [-0.39, 0.29) is 23.3 Å². The Hall–Kier alpha value is -1.96. The number of ether oxygens (including phenoxy) is 2. The van der Waals surface area contributed by atoms with Gasteiger partial charge in [-0.05, 0) is 37.3 Å². The van der Waals surface area contributed by atoms with Gasteiger partial charge in [-0.2, -0.15) is 13.2 Å². The molecule has 0 spiro atoms. The predicted octanol–water partition coefficient (Wildman–Crippen LogP) is 2.93. The number of benzene rings is 1. The van der Waals surface area contributed by atoms with E-state index in [0.29, 0.717) is 11.6 Å².